The van der Waals surface area contributed by atoms with Crippen molar-refractivity contribution in [3.8, 4) is 0 Å². The first-order chi connectivity index (χ1) is 9.90. The quantitative estimate of drug-likeness (QED) is 0.789. The molecule has 1 aliphatic heterocycles. The van der Waals surface area contributed by atoms with E-state index in [9.17, 15) is 4.79 Å². The lowest BCUT2D eigenvalue weighted by molar-refractivity contribution is -0.133. The maximum atomic E-state index is 12.8. The van der Waals surface area contributed by atoms with E-state index >= 15 is 0 Å². The highest BCUT2D eigenvalue weighted by Crippen LogP contribution is 2.43. The monoisotopic (exact) mass is 294 g/mol. The zero-order valence-electron chi connectivity index (χ0n) is 14.4. The van der Waals surface area contributed by atoms with Gasteiger partial charge in [-0.2, -0.15) is 0 Å². The third-order valence-electron chi connectivity index (χ3n) is 5.88. The molecule has 1 saturated carbocycles. The molecule has 0 aromatic heterocycles. The highest BCUT2D eigenvalue weighted by atomic mass is 16.2. The number of carbonyl (C=O) groups excluding carboxylic acids is 1. The summed E-state index contributed by atoms with van der Waals surface area (Å²) < 4.78 is 0. The van der Waals surface area contributed by atoms with Crippen molar-refractivity contribution >= 4 is 5.91 Å². The Labute approximate surface area is 130 Å². The number of nitrogens with one attached hydrogen (secondary N) is 2. The first-order valence-corrected chi connectivity index (χ1v) is 8.89. The standard InChI is InChI=1S/C18H34N2O/c1-14(2)11-17(7-5-6-8-17)12-20-16(21)18(15(3)4)9-10-19-13-18/h14-15,19H,5-13H2,1-4H3,(H,20,21). The van der Waals surface area contributed by atoms with Crippen molar-refractivity contribution in [3.63, 3.8) is 0 Å². The van der Waals surface area contributed by atoms with Crippen molar-refractivity contribution in [1.29, 1.82) is 0 Å². The van der Waals surface area contributed by atoms with Gasteiger partial charge in [0.15, 0.2) is 0 Å². The average Bonchev–Trinajstić information content (AvgIpc) is 3.05. The van der Waals surface area contributed by atoms with Gasteiger partial charge in [-0.3, -0.25) is 4.79 Å². The summed E-state index contributed by atoms with van der Waals surface area (Å²) >= 11 is 0. The summed E-state index contributed by atoms with van der Waals surface area (Å²) in [7, 11) is 0. The Morgan fingerprint density at radius 2 is 1.81 bits per heavy atom. The molecule has 2 aliphatic rings. The average molecular weight is 294 g/mol. The zero-order valence-corrected chi connectivity index (χ0v) is 14.4. The lowest BCUT2D eigenvalue weighted by atomic mass is 9.74. The normalized spacial score (nSPS) is 28.5. The molecule has 122 valence electrons. The van der Waals surface area contributed by atoms with Gasteiger partial charge in [0.05, 0.1) is 5.41 Å². The van der Waals surface area contributed by atoms with E-state index in [1.807, 2.05) is 0 Å². The second-order valence-corrected chi connectivity index (χ2v) is 8.23. The maximum Gasteiger partial charge on any atom is 0.227 e. The summed E-state index contributed by atoms with van der Waals surface area (Å²) in [4.78, 5) is 12.8. The van der Waals surface area contributed by atoms with Gasteiger partial charge < -0.3 is 10.6 Å². The van der Waals surface area contributed by atoms with Crippen LogP contribution >= 0.6 is 0 Å². The van der Waals surface area contributed by atoms with Crippen LogP contribution in [0.15, 0.2) is 0 Å². The zero-order chi connectivity index (χ0) is 15.5. The summed E-state index contributed by atoms with van der Waals surface area (Å²) in [5.41, 5.74) is 0.186. The smallest absolute Gasteiger partial charge is 0.227 e. The Bertz CT molecular complexity index is 350. The highest BCUT2D eigenvalue weighted by Gasteiger charge is 2.44. The van der Waals surface area contributed by atoms with Crippen LogP contribution in [-0.4, -0.2) is 25.5 Å². The van der Waals surface area contributed by atoms with E-state index in [0.717, 1.165) is 26.1 Å². The molecule has 1 amide bonds. The van der Waals surface area contributed by atoms with Crippen molar-refractivity contribution in [2.75, 3.05) is 19.6 Å². The molecule has 2 N–H and O–H groups in total. The van der Waals surface area contributed by atoms with Crippen LogP contribution in [0.3, 0.4) is 0 Å². The molecule has 0 bridgehead atoms. The molecule has 1 atom stereocenters. The van der Waals surface area contributed by atoms with Crippen LogP contribution in [0, 0.1) is 22.7 Å². The van der Waals surface area contributed by atoms with Gasteiger partial charge in [0, 0.05) is 13.1 Å². The molecule has 3 heteroatoms. The van der Waals surface area contributed by atoms with Crippen molar-refractivity contribution in [2.45, 2.75) is 66.2 Å². The minimum Gasteiger partial charge on any atom is -0.355 e. The predicted octanol–water partition coefficient (Wildman–Crippen LogP) is 3.34. The van der Waals surface area contributed by atoms with Gasteiger partial charge in [-0.25, -0.2) is 0 Å². The molecular formula is C18H34N2O. The second kappa shape index (κ2) is 6.68. The fraction of sp³-hybridized carbons (Fsp3) is 0.944. The molecule has 2 rings (SSSR count). The summed E-state index contributed by atoms with van der Waals surface area (Å²) in [5, 5.41) is 6.74. The van der Waals surface area contributed by atoms with E-state index < -0.39 is 0 Å². The number of carbonyl (C=O) groups is 1. The van der Waals surface area contributed by atoms with Crippen LogP contribution in [0.5, 0.6) is 0 Å². The molecule has 0 aromatic carbocycles. The molecular weight excluding hydrogens is 260 g/mol. The van der Waals surface area contributed by atoms with Crippen molar-refractivity contribution in [2.24, 2.45) is 22.7 Å². The van der Waals surface area contributed by atoms with Gasteiger partial charge in [-0.15, -0.1) is 0 Å². The highest BCUT2D eigenvalue weighted by molar-refractivity contribution is 5.83. The van der Waals surface area contributed by atoms with Crippen molar-refractivity contribution in [3.05, 3.63) is 0 Å². The minimum atomic E-state index is -0.183. The van der Waals surface area contributed by atoms with Gasteiger partial charge in [0.25, 0.3) is 0 Å². The Morgan fingerprint density at radius 3 is 2.29 bits per heavy atom. The van der Waals surface area contributed by atoms with Crippen LogP contribution in [0.4, 0.5) is 0 Å². The summed E-state index contributed by atoms with van der Waals surface area (Å²) in [6, 6.07) is 0. The third-order valence-corrected chi connectivity index (χ3v) is 5.88. The molecule has 0 radical (unpaired) electrons. The van der Waals surface area contributed by atoms with E-state index in [4.69, 9.17) is 0 Å². The minimum absolute atomic E-state index is 0.183. The Hall–Kier alpha value is -0.570. The van der Waals surface area contributed by atoms with Gasteiger partial charge in [-0.05, 0) is 49.5 Å². The summed E-state index contributed by atoms with van der Waals surface area (Å²) in [6.45, 7) is 11.7. The fourth-order valence-corrected chi connectivity index (χ4v) is 4.55. The van der Waals surface area contributed by atoms with Crippen LogP contribution in [0.1, 0.15) is 66.2 Å². The molecule has 1 heterocycles. The third kappa shape index (κ3) is 3.61. The lowest BCUT2D eigenvalue weighted by Gasteiger charge is -2.35. The molecule has 1 saturated heterocycles. The van der Waals surface area contributed by atoms with Crippen LogP contribution in [0.25, 0.3) is 0 Å². The van der Waals surface area contributed by atoms with E-state index in [0.29, 0.717) is 17.3 Å². The predicted molar refractivity (Wildman–Crippen MR) is 88.1 cm³/mol. The van der Waals surface area contributed by atoms with Crippen molar-refractivity contribution in [1.82, 2.24) is 10.6 Å². The number of rotatable bonds is 6. The number of hydrogen-bond donors (Lipinski definition) is 2. The van der Waals surface area contributed by atoms with Gasteiger partial charge in [0.2, 0.25) is 5.91 Å². The molecule has 21 heavy (non-hydrogen) atoms. The van der Waals surface area contributed by atoms with Crippen LogP contribution in [-0.2, 0) is 4.79 Å². The Balaban J connectivity index is 1.98. The molecule has 2 fully saturated rings. The van der Waals surface area contributed by atoms with Gasteiger partial charge in [-0.1, -0.05) is 40.5 Å². The molecule has 0 spiro atoms. The lowest BCUT2D eigenvalue weighted by Crippen LogP contribution is -2.49. The SMILES string of the molecule is CC(C)CC1(CNC(=O)C2(C(C)C)CCNC2)CCCC1. The first-order valence-electron chi connectivity index (χ1n) is 8.89. The maximum absolute atomic E-state index is 12.8. The summed E-state index contributed by atoms with van der Waals surface area (Å²) in [5.74, 6) is 1.40. The van der Waals surface area contributed by atoms with E-state index in [2.05, 4.69) is 38.3 Å². The fourth-order valence-electron chi connectivity index (χ4n) is 4.55. The topological polar surface area (TPSA) is 41.1 Å². The summed E-state index contributed by atoms with van der Waals surface area (Å²) in [6.07, 6.45) is 7.48. The second-order valence-electron chi connectivity index (χ2n) is 8.23. The van der Waals surface area contributed by atoms with Crippen molar-refractivity contribution < 1.29 is 4.79 Å². The van der Waals surface area contributed by atoms with Gasteiger partial charge >= 0.3 is 0 Å². The van der Waals surface area contributed by atoms with E-state index in [1.165, 1.54) is 32.1 Å². The van der Waals surface area contributed by atoms with Crippen LogP contribution < -0.4 is 10.6 Å². The number of amides is 1. The largest absolute Gasteiger partial charge is 0.355 e. The first kappa shape index (κ1) is 16.8. The molecule has 1 unspecified atom stereocenters. The Morgan fingerprint density at radius 1 is 1.14 bits per heavy atom. The molecule has 0 aromatic rings. The molecule has 1 aliphatic carbocycles. The number of hydrogen-bond acceptors (Lipinski definition) is 2. The van der Waals surface area contributed by atoms with E-state index in [1.54, 1.807) is 0 Å². The van der Waals surface area contributed by atoms with Gasteiger partial charge in [0.1, 0.15) is 0 Å². The van der Waals surface area contributed by atoms with E-state index in [-0.39, 0.29) is 11.3 Å². The van der Waals surface area contributed by atoms with Crippen LogP contribution in [0.2, 0.25) is 0 Å². The Kier molecular flexibility index (Phi) is 5.34. The molecule has 3 nitrogen and oxygen atoms in total.